The predicted molar refractivity (Wildman–Crippen MR) is 136 cm³/mol. The Bertz CT molecular complexity index is 1510. The Hall–Kier alpha value is -5.85. The molecule has 13 heteroatoms. The van der Waals surface area contributed by atoms with Crippen LogP contribution in [-0.2, 0) is 0 Å². The minimum absolute atomic E-state index is 0.164. The molecule has 0 bridgehead atoms. The maximum absolute atomic E-state index is 14.0. The predicted octanol–water partition coefficient (Wildman–Crippen LogP) is 2.57. The maximum Gasteiger partial charge on any atom is 0.194 e. The van der Waals surface area contributed by atoms with E-state index in [0.29, 0.717) is 56.2 Å². The lowest BCUT2D eigenvalue weighted by molar-refractivity contribution is 0.103. The Morgan fingerprint density at radius 2 is 0.868 bits per heavy atom. The van der Waals surface area contributed by atoms with Gasteiger partial charge in [-0.2, -0.15) is 0 Å². The van der Waals surface area contributed by atoms with Crippen LogP contribution in [0.25, 0.3) is 23.3 Å². The van der Waals surface area contributed by atoms with Gasteiger partial charge in [-0.3, -0.25) is 25.2 Å². The summed E-state index contributed by atoms with van der Waals surface area (Å²) in [6, 6.07) is 14.7. The van der Waals surface area contributed by atoms with Gasteiger partial charge in [-0.1, -0.05) is 69.4 Å². The summed E-state index contributed by atoms with van der Waals surface area (Å²) in [5.41, 5.74) is 5.94. The molecule has 38 heavy (non-hydrogen) atoms. The molecule has 0 saturated heterocycles. The van der Waals surface area contributed by atoms with Gasteiger partial charge in [0.2, 0.25) is 0 Å². The highest BCUT2D eigenvalue weighted by Gasteiger charge is 2.19. The highest BCUT2D eigenvalue weighted by molar-refractivity contribution is 6.14. The first-order valence-electron chi connectivity index (χ1n) is 11.4. The molecule has 6 aromatic rings. The molecule has 184 valence electrons. The second-order valence-corrected chi connectivity index (χ2v) is 8.05. The lowest BCUT2D eigenvalue weighted by Crippen LogP contribution is -2.06. The topological polar surface area (TPSA) is 183 Å². The maximum atomic E-state index is 14.0. The van der Waals surface area contributed by atoms with E-state index in [0.717, 1.165) is 0 Å². The molecule has 0 atom stereocenters. The quantitative estimate of drug-likeness (QED) is 0.227. The Labute approximate surface area is 214 Å². The molecule has 2 aromatic carbocycles. The highest BCUT2D eigenvalue weighted by atomic mass is 16.1. The monoisotopic (exact) mass is 502 g/mol. The van der Waals surface area contributed by atoms with E-state index in [1.54, 1.807) is 36.9 Å². The van der Waals surface area contributed by atoms with Crippen LogP contribution in [0.1, 0.15) is 49.8 Å². The number of carbonyl (C=O) groups is 1. The first kappa shape index (κ1) is 22.6. The Morgan fingerprint density at radius 1 is 0.526 bits per heavy atom. The molecule has 0 aliphatic carbocycles. The van der Waals surface area contributed by atoms with Crippen LogP contribution in [0.3, 0.4) is 0 Å². The molecular weight excluding hydrogens is 484 g/mol. The molecule has 0 saturated carbocycles. The Balaban J connectivity index is 1.45. The normalized spacial score (nSPS) is 10.7. The van der Waals surface area contributed by atoms with Gasteiger partial charge in [0, 0.05) is 22.3 Å². The lowest BCUT2D eigenvalue weighted by Gasteiger charge is -2.10. The van der Waals surface area contributed by atoms with Crippen LogP contribution in [0.4, 0.5) is 0 Å². The van der Waals surface area contributed by atoms with Crippen molar-refractivity contribution in [1.82, 2.24) is 61.6 Å². The summed E-state index contributed by atoms with van der Waals surface area (Å²) in [4.78, 5) is 14.0. The van der Waals surface area contributed by atoms with Gasteiger partial charge < -0.3 is 0 Å². The number of nitrogens with zero attached hydrogens (tertiary/aromatic N) is 8. The second kappa shape index (κ2) is 10.0. The van der Waals surface area contributed by atoms with Gasteiger partial charge in [0.25, 0.3) is 0 Å². The molecule has 13 nitrogen and oxygen atoms in total. The van der Waals surface area contributed by atoms with Crippen molar-refractivity contribution in [1.29, 1.82) is 0 Å². The van der Waals surface area contributed by atoms with Crippen LogP contribution in [0.2, 0.25) is 0 Å². The molecule has 4 N–H and O–H groups in total. The SMILES string of the molecule is O=C(c1ccccc1C=C(c1c[nH]nn1)c1c[nH]nn1)c1ccccc1C=C(c1c[nH]nn1)c1c[nH]nn1. The van der Waals surface area contributed by atoms with Gasteiger partial charge in [0.05, 0.1) is 24.8 Å². The van der Waals surface area contributed by atoms with E-state index in [1.807, 2.05) is 48.6 Å². The summed E-state index contributed by atoms with van der Waals surface area (Å²) < 4.78 is 0. The number of H-pyrrole nitrogens is 4. The zero-order valence-corrected chi connectivity index (χ0v) is 19.6. The zero-order valence-electron chi connectivity index (χ0n) is 19.6. The van der Waals surface area contributed by atoms with Crippen molar-refractivity contribution in [2.45, 2.75) is 0 Å². The van der Waals surface area contributed by atoms with Gasteiger partial charge in [0.15, 0.2) is 5.78 Å². The van der Waals surface area contributed by atoms with Gasteiger partial charge >= 0.3 is 0 Å². The fourth-order valence-electron chi connectivity index (χ4n) is 4.01. The molecule has 6 rings (SSSR count). The minimum Gasteiger partial charge on any atom is -0.289 e. The molecular formula is C25H18N12O. The molecule has 4 aromatic heterocycles. The van der Waals surface area contributed by atoms with E-state index in [2.05, 4.69) is 61.6 Å². The first-order chi connectivity index (χ1) is 18.8. The molecule has 0 aliphatic rings. The van der Waals surface area contributed by atoms with Crippen LogP contribution in [0.15, 0.2) is 73.3 Å². The van der Waals surface area contributed by atoms with Crippen molar-refractivity contribution < 1.29 is 4.79 Å². The average molecular weight is 503 g/mol. The zero-order chi connectivity index (χ0) is 25.7. The van der Waals surface area contributed by atoms with Gasteiger partial charge in [0.1, 0.15) is 22.8 Å². The van der Waals surface area contributed by atoms with E-state index in [1.165, 1.54) is 0 Å². The molecule has 0 unspecified atom stereocenters. The second-order valence-electron chi connectivity index (χ2n) is 8.05. The van der Waals surface area contributed by atoms with Gasteiger partial charge in [-0.15, -0.1) is 20.4 Å². The third-order valence-corrected chi connectivity index (χ3v) is 5.78. The fourth-order valence-corrected chi connectivity index (χ4v) is 4.01. The van der Waals surface area contributed by atoms with Crippen molar-refractivity contribution in [3.8, 4) is 0 Å². The van der Waals surface area contributed by atoms with E-state index < -0.39 is 0 Å². The molecule has 0 aliphatic heterocycles. The third kappa shape index (κ3) is 4.42. The molecule has 0 amide bonds. The minimum atomic E-state index is -0.164. The van der Waals surface area contributed by atoms with Crippen molar-refractivity contribution in [2.24, 2.45) is 0 Å². The summed E-state index contributed by atoms with van der Waals surface area (Å²) >= 11 is 0. The van der Waals surface area contributed by atoms with Crippen LogP contribution in [0, 0.1) is 0 Å². The number of carbonyl (C=O) groups excluding carboxylic acids is 1. The Kier molecular flexibility index (Phi) is 5.96. The van der Waals surface area contributed by atoms with Crippen molar-refractivity contribution in [3.63, 3.8) is 0 Å². The number of benzene rings is 2. The number of aromatic amines is 4. The average Bonchev–Trinajstić information content (AvgIpc) is 3.79. The number of ketones is 1. The Morgan fingerprint density at radius 3 is 1.18 bits per heavy atom. The summed E-state index contributed by atoms with van der Waals surface area (Å²) in [5.74, 6) is -0.164. The standard InChI is InChI=1S/C25H18N12O/c38-25(17-7-3-1-5-15(17)9-19(21-11-26-34-30-21)22-12-27-35-31-22)18-8-4-2-6-16(18)10-20(23-13-28-36-32-23)24-14-29-37-33-24/h1-14H,(H,26,30,34)(H,27,31,35)(H,28,32,36)(H,29,33,37). The number of nitrogens with one attached hydrogen (secondary N) is 4. The van der Waals surface area contributed by atoms with Crippen LogP contribution in [0.5, 0.6) is 0 Å². The number of aromatic nitrogens is 12. The number of hydrogen-bond acceptors (Lipinski definition) is 9. The van der Waals surface area contributed by atoms with E-state index in [9.17, 15) is 4.79 Å². The summed E-state index contributed by atoms with van der Waals surface area (Å²) in [6.07, 6.45) is 10.3. The lowest BCUT2D eigenvalue weighted by atomic mass is 9.92. The van der Waals surface area contributed by atoms with Gasteiger partial charge in [-0.05, 0) is 23.3 Å². The summed E-state index contributed by atoms with van der Waals surface area (Å²) in [5, 5.41) is 42.6. The fraction of sp³-hybridized carbons (Fsp3) is 0. The third-order valence-electron chi connectivity index (χ3n) is 5.78. The first-order valence-corrected chi connectivity index (χ1v) is 11.4. The van der Waals surface area contributed by atoms with E-state index in [-0.39, 0.29) is 5.78 Å². The van der Waals surface area contributed by atoms with Gasteiger partial charge in [-0.25, -0.2) is 0 Å². The number of hydrogen-bond donors (Lipinski definition) is 4. The van der Waals surface area contributed by atoms with Crippen LogP contribution < -0.4 is 0 Å². The summed E-state index contributed by atoms with van der Waals surface area (Å²) in [7, 11) is 0. The van der Waals surface area contributed by atoms with Crippen molar-refractivity contribution >= 4 is 29.1 Å². The number of rotatable bonds is 8. The highest BCUT2D eigenvalue weighted by Crippen LogP contribution is 2.28. The molecule has 0 spiro atoms. The summed E-state index contributed by atoms with van der Waals surface area (Å²) in [6.45, 7) is 0. The van der Waals surface area contributed by atoms with E-state index >= 15 is 0 Å². The van der Waals surface area contributed by atoms with E-state index in [4.69, 9.17) is 0 Å². The van der Waals surface area contributed by atoms with Crippen LogP contribution in [-0.4, -0.2) is 67.4 Å². The molecule has 0 radical (unpaired) electrons. The largest absolute Gasteiger partial charge is 0.289 e. The molecule has 0 fully saturated rings. The van der Waals surface area contributed by atoms with Crippen molar-refractivity contribution in [2.75, 3.05) is 0 Å². The molecule has 4 heterocycles. The smallest absolute Gasteiger partial charge is 0.194 e. The van der Waals surface area contributed by atoms with Crippen molar-refractivity contribution in [3.05, 3.63) is 118 Å². The van der Waals surface area contributed by atoms with Crippen LogP contribution >= 0.6 is 0 Å².